The summed E-state index contributed by atoms with van der Waals surface area (Å²) in [5, 5.41) is 12.8. The van der Waals surface area contributed by atoms with Gasteiger partial charge in [-0.05, 0) is 19.1 Å². The third-order valence-corrected chi connectivity index (χ3v) is 3.60. The number of aliphatic hydroxyl groups is 1. The quantitative estimate of drug-likeness (QED) is 0.786. The van der Waals surface area contributed by atoms with E-state index in [2.05, 4.69) is 9.97 Å². The maximum atomic E-state index is 9.83. The van der Waals surface area contributed by atoms with Crippen LogP contribution in [0.1, 0.15) is 23.9 Å². The summed E-state index contributed by atoms with van der Waals surface area (Å²) < 4.78 is 2.03. The normalized spacial score (nSPS) is 13.0. The molecule has 3 rings (SSSR count). The standard InChI is InChI=1S/C13H13N3OS/c1-9(17)13-15-10-4-2-3-5-11(10)16(13)8-12-14-6-7-18-12/h2-7,9,17H,8H2,1H3/t9-/m1/s1. The number of fused-ring (bicyclic) bond motifs is 1. The molecule has 0 amide bonds. The molecular formula is C13H13N3OS. The molecule has 0 fully saturated rings. The molecule has 0 aliphatic rings. The van der Waals surface area contributed by atoms with Gasteiger partial charge in [0.2, 0.25) is 0 Å². The molecule has 2 heterocycles. The summed E-state index contributed by atoms with van der Waals surface area (Å²) in [6.45, 7) is 2.39. The number of hydrogen-bond donors (Lipinski definition) is 1. The average molecular weight is 259 g/mol. The zero-order valence-electron chi connectivity index (χ0n) is 9.95. The summed E-state index contributed by atoms with van der Waals surface area (Å²) in [4.78, 5) is 8.77. The van der Waals surface area contributed by atoms with Crippen LogP contribution in [0.4, 0.5) is 0 Å². The Bertz CT molecular complexity index is 658. The Morgan fingerprint density at radius 3 is 2.94 bits per heavy atom. The third-order valence-electron chi connectivity index (χ3n) is 2.83. The van der Waals surface area contributed by atoms with Crippen molar-refractivity contribution in [2.24, 2.45) is 0 Å². The lowest BCUT2D eigenvalue weighted by molar-refractivity contribution is 0.185. The van der Waals surface area contributed by atoms with E-state index in [-0.39, 0.29) is 0 Å². The number of imidazole rings is 1. The fraction of sp³-hybridized carbons (Fsp3) is 0.231. The van der Waals surface area contributed by atoms with Crippen molar-refractivity contribution in [3.63, 3.8) is 0 Å². The Kier molecular flexibility index (Phi) is 2.85. The van der Waals surface area contributed by atoms with Crippen LogP contribution in [0.2, 0.25) is 0 Å². The molecule has 4 nitrogen and oxygen atoms in total. The first kappa shape index (κ1) is 11.4. The van der Waals surface area contributed by atoms with E-state index in [1.807, 2.05) is 34.2 Å². The van der Waals surface area contributed by atoms with Gasteiger partial charge in [0.1, 0.15) is 16.9 Å². The summed E-state index contributed by atoms with van der Waals surface area (Å²) in [6, 6.07) is 7.91. The molecule has 0 saturated heterocycles. The first-order valence-electron chi connectivity index (χ1n) is 5.77. The Balaban J connectivity index is 2.15. The van der Waals surface area contributed by atoms with E-state index >= 15 is 0 Å². The molecule has 0 bridgehead atoms. The molecule has 3 aromatic rings. The minimum Gasteiger partial charge on any atom is -0.385 e. The number of hydrogen-bond acceptors (Lipinski definition) is 4. The van der Waals surface area contributed by atoms with E-state index in [0.717, 1.165) is 16.0 Å². The number of para-hydroxylation sites is 2. The highest BCUT2D eigenvalue weighted by molar-refractivity contribution is 7.09. The van der Waals surface area contributed by atoms with E-state index < -0.39 is 6.10 Å². The van der Waals surface area contributed by atoms with Gasteiger partial charge in [-0.2, -0.15) is 0 Å². The second kappa shape index (κ2) is 4.51. The second-order valence-electron chi connectivity index (χ2n) is 4.15. The minimum absolute atomic E-state index is 0.586. The Hall–Kier alpha value is -1.72. The van der Waals surface area contributed by atoms with Crippen LogP contribution in [0.5, 0.6) is 0 Å². The van der Waals surface area contributed by atoms with Crippen LogP contribution in [0.3, 0.4) is 0 Å². The Morgan fingerprint density at radius 2 is 2.22 bits per heavy atom. The van der Waals surface area contributed by atoms with E-state index in [1.54, 1.807) is 24.5 Å². The van der Waals surface area contributed by atoms with Gasteiger partial charge in [0, 0.05) is 11.6 Å². The summed E-state index contributed by atoms with van der Waals surface area (Å²) in [7, 11) is 0. The lowest BCUT2D eigenvalue weighted by Gasteiger charge is -2.09. The van der Waals surface area contributed by atoms with Crippen LogP contribution in [-0.4, -0.2) is 19.6 Å². The van der Waals surface area contributed by atoms with E-state index in [9.17, 15) is 5.11 Å². The van der Waals surface area contributed by atoms with Crippen LogP contribution in [0, 0.1) is 0 Å². The average Bonchev–Trinajstić information content (AvgIpc) is 2.98. The molecule has 1 atom stereocenters. The number of benzene rings is 1. The van der Waals surface area contributed by atoms with Crippen LogP contribution >= 0.6 is 11.3 Å². The molecule has 0 aliphatic carbocycles. The Labute approximate surface area is 109 Å². The van der Waals surface area contributed by atoms with Gasteiger partial charge in [0.05, 0.1) is 17.6 Å². The molecule has 1 aromatic carbocycles. The van der Waals surface area contributed by atoms with Gasteiger partial charge in [0.15, 0.2) is 0 Å². The van der Waals surface area contributed by atoms with Crippen LogP contribution in [-0.2, 0) is 6.54 Å². The molecule has 0 aliphatic heterocycles. The lowest BCUT2D eigenvalue weighted by Crippen LogP contribution is -2.07. The maximum absolute atomic E-state index is 9.83. The SMILES string of the molecule is C[C@@H](O)c1nc2ccccc2n1Cc1nccs1. The molecule has 0 unspecified atom stereocenters. The van der Waals surface area contributed by atoms with Crippen molar-refractivity contribution in [3.05, 3.63) is 46.7 Å². The highest BCUT2D eigenvalue weighted by atomic mass is 32.1. The predicted molar refractivity (Wildman–Crippen MR) is 71.6 cm³/mol. The zero-order chi connectivity index (χ0) is 12.5. The van der Waals surface area contributed by atoms with E-state index in [4.69, 9.17) is 0 Å². The van der Waals surface area contributed by atoms with Crippen LogP contribution < -0.4 is 0 Å². The number of aromatic nitrogens is 3. The predicted octanol–water partition coefficient (Wildman–Crippen LogP) is 2.59. The fourth-order valence-electron chi connectivity index (χ4n) is 2.05. The van der Waals surface area contributed by atoms with Crippen molar-refractivity contribution in [2.75, 3.05) is 0 Å². The van der Waals surface area contributed by atoms with Crippen LogP contribution in [0.15, 0.2) is 35.8 Å². The molecule has 0 saturated carbocycles. The smallest absolute Gasteiger partial charge is 0.138 e. The first-order valence-corrected chi connectivity index (χ1v) is 6.65. The largest absolute Gasteiger partial charge is 0.385 e. The highest BCUT2D eigenvalue weighted by Crippen LogP contribution is 2.22. The molecule has 92 valence electrons. The van der Waals surface area contributed by atoms with Gasteiger partial charge in [-0.15, -0.1) is 11.3 Å². The van der Waals surface area contributed by atoms with Gasteiger partial charge < -0.3 is 9.67 Å². The summed E-state index contributed by atoms with van der Waals surface area (Å²) in [5.74, 6) is 0.686. The summed E-state index contributed by atoms with van der Waals surface area (Å²) in [5.41, 5.74) is 1.94. The van der Waals surface area contributed by atoms with Crippen molar-refractivity contribution < 1.29 is 5.11 Å². The van der Waals surface area contributed by atoms with E-state index in [1.165, 1.54) is 0 Å². The van der Waals surface area contributed by atoms with Crippen LogP contribution in [0.25, 0.3) is 11.0 Å². The highest BCUT2D eigenvalue weighted by Gasteiger charge is 2.15. The van der Waals surface area contributed by atoms with Gasteiger partial charge in [0.25, 0.3) is 0 Å². The van der Waals surface area contributed by atoms with Crippen molar-refractivity contribution in [2.45, 2.75) is 19.6 Å². The van der Waals surface area contributed by atoms with Gasteiger partial charge in [-0.1, -0.05) is 12.1 Å². The fourth-order valence-corrected chi connectivity index (χ4v) is 2.65. The van der Waals surface area contributed by atoms with Crippen molar-refractivity contribution in [3.8, 4) is 0 Å². The summed E-state index contributed by atoms with van der Waals surface area (Å²) >= 11 is 1.61. The van der Waals surface area contributed by atoms with Gasteiger partial charge in [-0.3, -0.25) is 0 Å². The topological polar surface area (TPSA) is 50.9 Å². The number of rotatable bonds is 3. The molecular weight excluding hydrogens is 246 g/mol. The first-order chi connectivity index (χ1) is 8.75. The minimum atomic E-state index is -0.586. The molecule has 0 radical (unpaired) electrons. The van der Waals surface area contributed by atoms with Crippen molar-refractivity contribution >= 4 is 22.4 Å². The maximum Gasteiger partial charge on any atom is 0.138 e. The number of nitrogens with zero attached hydrogens (tertiary/aromatic N) is 3. The van der Waals surface area contributed by atoms with Crippen molar-refractivity contribution in [1.82, 2.24) is 14.5 Å². The number of aliphatic hydroxyl groups excluding tert-OH is 1. The monoisotopic (exact) mass is 259 g/mol. The molecule has 18 heavy (non-hydrogen) atoms. The van der Waals surface area contributed by atoms with Gasteiger partial charge in [-0.25, -0.2) is 9.97 Å². The number of thiazole rings is 1. The van der Waals surface area contributed by atoms with E-state index in [0.29, 0.717) is 12.4 Å². The summed E-state index contributed by atoms with van der Waals surface area (Å²) in [6.07, 6.45) is 1.21. The molecule has 5 heteroatoms. The molecule has 1 N–H and O–H groups in total. The lowest BCUT2D eigenvalue weighted by atomic mass is 10.3. The third kappa shape index (κ3) is 1.91. The Morgan fingerprint density at radius 1 is 1.39 bits per heavy atom. The molecule has 2 aromatic heterocycles. The second-order valence-corrected chi connectivity index (χ2v) is 5.13. The van der Waals surface area contributed by atoms with Crippen molar-refractivity contribution in [1.29, 1.82) is 0 Å². The molecule has 0 spiro atoms. The zero-order valence-corrected chi connectivity index (χ0v) is 10.8. The van der Waals surface area contributed by atoms with Gasteiger partial charge >= 0.3 is 0 Å².